The SMILES string of the molecule is CCCN1CCCC2CC3=C(CCCC3OC(=O)C3(C)CC3)CC21. The zero-order valence-electron chi connectivity index (χ0n) is 15.5. The fourth-order valence-electron chi connectivity index (χ4n) is 5.21. The smallest absolute Gasteiger partial charge is 0.312 e. The number of carbonyl (C=O) groups excluding carboxylic acids is 1. The first-order valence-electron chi connectivity index (χ1n) is 10.3. The second-order valence-corrected chi connectivity index (χ2v) is 8.89. The van der Waals surface area contributed by atoms with Crippen LogP contribution in [-0.4, -0.2) is 36.1 Å². The standard InChI is InChI=1S/C21H33NO2/c1-3-11-22-12-5-7-16-13-17-15(14-18(16)22)6-4-8-19(17)24-20(23)21(2)9-10-21/h16,18-19H,3-14H2,1-2H3. The van der Waals surface area contributed by atoms with Crippen LogP contribution in [0.3, 0.4) is 0 Å². The Bertz CT molecular complexity index is 532. The molecule has 3 atom stereocenters. The van der Waals surface area contributed by atoms with Gasteiger partial charge in [-0.15, -0.1) is 0 Å². The van der Waals surface area contributed by atoms with E-state index >= 15 is 0 Å². The van der Waals surface area contributed by atoms with E-state index in [1.165, 1.54) is 63.6 Å². The summed E-state index contributed by atoms with van der Waals surface area (Å²) >= 11 is 0. The molecule has 3 aliphatic carbocycles. The molecule has 24 heavy (non-hydrogen) atoms. The molecule has 2 fully saturated rings. The molecule has 0 N–H and O–H groups in total. The van der Waals surface area contributed by atoms with Crippen molar-refractivity contribution in [3.05, 3.63) is 11.1 Å². The van der Waals surface area contributed by atoms with Crippen LogP contribution in [-0.2, 0) is 9.53 Å². The number of carbonyl (C=O) groups is 1. The normalized spacial score (nSPS) is 35.2. The number of fused-ring (bicyclic) bond motifs is 1. The molecule has 0 aromatic heterocycles. The van der Waals surface area contributed by atoms with Gasteiger partial charge in [0.15, 0.2) is 0 Å². The van der Waals surface area contributed by atoms with Crippen molar-refractivity contribution in [2.24, 2.45) is 11.3 Å². The number of esters is 1. The van der Waals surface area contributed by atoms with Crippen molar-refractivity contribution < 1.29 is 9.53 Å². The molecule has 3 heteroatoms. The summed E-state index contributed by atoms with van der Waals surface area (Å²) in [5.41, 5.74) is 3.01. The summed E-state index contributed by atoms with van der Waals surface area (Å²) in [6, 6.07) is 0.757. The summed E-state index contributed by atoms with van der Waals surface area (Å²) in [5, 5.41) is 0. The van der Waals surface area contributed by atoms with Gasteiger partial charge >= 0.3 is 5.97 Å². The van der Waals surface area contributed by atoms with Crippen molar-refractivity contribution >= 4 is 5.97 Å². The van der Waals surface area contributed by atoms with Crippen LogP contribution in [0.5, 0.6) is 0 Å². The number of likely N-dealkylation sites (tertiary alicyclic amines) is 1. The largest absolute Gasteiger partial charge is 0.457 e. The van der Waals surface area contributed by atoms with Crippen molar-refractivity contribution in [1.82, 2.24) is 4.90 Å². The Labute approximate surface area is 146 Å². The number of rotatable bonds is 4. The monoisotopic (exact) mass is 331 g/mol. The Kier molecular flexibility index (Phi) is 4.49. The fourth-order valence-corrected chi connectivity index (χ4v) is 5.21. The number of hydrogen-bond acceptors (Lipinski definition) is 3. The van der Waals surface area contributed by atoms with Crippen LogP contribution in [0.15, 0.2) is 11.1 Å². The first-order valence-corrected chi connectivity index (χ1v) is 10.3. The van der Waals surface area contributed by atoms with Gasteiger partial charge in [-0.25, -0.2) is 0 Å². The molecule has 0 radical (unpaired) electrons. The maximum absolute atomic E-state index is 12.4. The maximum atomic E-state index is 12.4. The first kappa shape index (κ1) is 16.6. The highest BCUT2D eigenvalue weighted by Gasteiger charge is 2.48. The van der Waals surface area contributed by atoms with E-state index < -0.39 is 0 Å². The van der Waals surface area contributed by atoms with Crippen LogP contribution < -0.4 is 0 Å². The lowest BCUT2D eigenvalue weighted by Gasteiger charge is -2.47. The van der Waals surface area contributed by atoms with Gasteiger partial charge in [0.25, 0.3) is 0 Å². The van der Waals surface area contributed by atoms with Gasteiger partial charge in [0, 0.05) is 6.04 Å². The molecule has 1 heterocycles. The predicted octanol–water partition coefficient (Wildman–Crippen LogP) is 4.46. The van der Waals surface area contributed by atoms with Crippen LogP contribution in [0.1, 0.15) is 78.1 Å². The number of hydrogen-bond donors (Lipinski definition) is 0. The van der Waals surface area contributed by atoms with Crippen LogP contribution in [0.4, 0.5) is 0 Å². The average Bonchev–Trinajstić information content (AvgIpc) is 3.33. The lowest BCUT2D eigenvalue weighted by molar-refractivity contribution is -0.154. The minimum Gasteiger partial charge on any atom is -0.457 e. The first-order chi connectivity index (χ1) is 11.6. The highest BCUT2D eigenvalue weighted by Crippen LogP contribution is 2.48. The fraction of sp³-hybridized carbons (Fsp3) is 0.857. The minimum absolute atomic E-state index is 0.0691. The summed E-state index contributed by atoms with van der Waals surface area (Å²) in [4.78, 5) is 15.2. The van der Waals surface area contributed by atoms with E-state index in [9.17, 15) is 4.79 Å². The summed E-state index contributed by atoms with van der Waals surface area (Å²) in [7, 11) is 0. The molecule has 1 saturated heterocycles. The number of nitrogens with zero attached hydrogens (tertiary/aromatic N) is 1. The van der Waals surface area contributed by atoms with E-state index in [2.05, 4.69) is 18.7 Å². The van der Waals surface area contributed by atoms with Crippen molar-refractivity contribution in [1.29, 1.82) is 0 Å². The molecule has 0 amide bonds. The predicted molar refractivity (Wildman–Crippen MR) is 95.7 cm³/mol. The molecule has 3 unspecified atom stereocenters. The third-order valence-corrected chi connectivity index (χ3v) is 7.01. The minimum atomic E-state index is -0.155. The van der Waals surface area contributed by atoms with Crippen molar-refractivity contribution in [3.63, 3.8) is 0 Å². The molecule has 0 aromatic carbocycles. The Morgan fingerprint density at radius 2 is 2.08 bits per heavy atom. The molecule has 1 aliphatic heterocycles. The van der Waals surface area contributed by atoms with E-state index in [0.29, 0.717) is 0 Å². The lowest BCUT2D eigenvalue weighted by atomic mass is 9.70. The summed E-state index contributed by atoms with van der Waals surface area (Å²) in [6.07, 6.45) is 12.0. The van der Waals surface area contributed by atoms with Gasteiger partial charge in [0.2, 0.25) is 0 Å². The van der Waals surface area contributed by atoms with Crippen molar-refractivity contribution in [2.75, 3.05) is 13.1 Å². The Morgan fingerprint density at radius 1 is 1.25 bits per heavy atom. The van der Waals surface area contributed by atoms with Crippen molar-refractivity contribution in [3.8, 4) is 0 Å². The van der Waals surface area contributed by atoms with E-state index in [4.69, 9.17) is 4.74 Å². The highest BCUT2D eigenvalue weighted by atomic mass is 16.5. The van der Waals surface area contributed by atoms with Gasteiger partial charge in [0.05, 0.1) is 5.41 Å². The molecule has 1 saturated carbocycles. The van der Waals surface area contributed by atoms with E-state index in [-0.39, 0.29) is 17.5 Å². The van der Waals surface area contributed by atoms with Gasteiger partial charge in [-0.1, -0.05) is 12.5 Å². The molecule has 4 rings (SSSR count). The van der Waals surface area contributed by atoms with E-state index in [1.54, 1.807) is 5.57 Å². The molecular weight excluding hydrogens is 298 g/mol. The maximum Gasteiger partial charge on any atom is 0.312 e. The van der Waals surface area contributed by atoms with E-state index in [0.717, 1.165) is 31.2 Å². The summed E-state index contributed by atoms with van der Waals surface area (Å²) in [6.45, 7) is 6.90. The Morgan fingerprint density at radius 3 is 2.83 bits per heavy atom. The highest BCUT2D eigenvalue weighted by molar-refractivity contribution is 5.79. The summed E-state index contributed by atoms with van der Waals surface area (Å²) < 4.78 is 6.03. The Balaban J connectivity index is 1.50. The quantitative estimate of drug-likeness (QED) is 0.562. The molecular formula is C21H33NO2. The van der Waals surface area contributed by atoms with Crippen LogP contribution in [0.25, 0.3) is 0 Å². The van der Waals surface area contributed by atoms with Crippen LogP contribution >= 0.6 is 0 Å². The number of piperidine rings is 1. The molecule has 134 valence electrons. The third kappa shape index (κ3) is 3.05. The lowest BCUT2D eigenvalue weighted by Crippen LogP contribution is -2.48. The van der Waals surface area contributed by atoms with Gasteiger partial charge < -0.3 is 4.74 Å². The third-order valence-electron chi connectivity index (χ3n) is 7.01. The van der Waals surface area contributed by atoms with Crippen LogP contribution in [0.2, 0.25) is 0 Å². The molecule has 0 bridgehead atoms. The van der Waals surface area contributed by atoms with Crippen LogP contribution in [0, 0.1) is 11.3 Å². The molecule has 0 spiro atoms. The van der Waals surface area contributed by atoms with Gasteiger partial charge in [-0.05, 0) is 95.7 Å². The molecule has 0 aromatic rings. The second kappa shape index (κ2) is 6.48. The summed E-state index contributed by atoms with van der Waals surface area (Å²) in [5.74, 6) is 0.861. The zero-order valence-corrected chi connectivity index (χ0v) is 15.5. The van der Waals surface area contributed by atoms with Crippen molar-refractivity contribution in [2.45, 2.75) is 90.2 Å². The molecule has 4 aliphatic rings. The number of ether oxygens (including phenoxy) is 1. The van der Waals surface area contributed by atoms with Gasteiger partial charge in [-0.3, -0.25) is 9.69 Å². The topological polar surface area (TPSA) is 29.5 Å². The second-order valence-electron chi connectivity index (χ2n) is 8.89. The average molecular weight is 332 g/mol. The molecule has 3 nitrogen and oxygen atoms in total. The van der Waals surface area contributed by atoms with Gasteiger partial charge in [-0.2, -0.15) is 0 Å². The van der Waals surface area contributed by atoms with E-state index in [1.807, 2.05) is 0 Å². The zero-order chi connectivity index (χ0) is 16.7. The van der Waals surface area contributed by atoms with Gasteiger partial charge in [0.1, 0.15) is 6.10 Å². The Hall–Kier alpha value is -0.830.